The van der Waals surface area contributed by atoms with Crippen LogP contribution in [0.1, 0.15) is 27.2 Å². The molecule has 0 fully saturated rings. The zero-order valence-corrected chi connectivity index (χ0v) is 10.3. The Labute approximate surface area is 96.2 Å². The van der Waals surface area contributed by atoms with Gasteiger partial charge in [0.25, 0.3) is 0 Å². The number of carboxylic acid groups (broad SMARTS) is 1. The minimum atomic E-state index is -0.956. The molecule has 0 aliphatic heterocycles. The number of carbonyl (C=O) groups is 2. The fourth-order valence-electron chi connectivity index (χ4n) is 1.24. The van der Waals surface area contributed by atoms with Gasteiger partial charge in [0.1, 0.15) is 0 Å². The molecule has 0 saturated carbocycles. The van der Waals surface area contributed by atoms with E-state index in [1.807, 2.05) is 6.92 Å². The van der Waals surface area contributed by atoms with E-state index in [2.05, 4.69) is 5.32 Å². The van der Waals surface area contributed by atoms with Crippen LogP contribution in [0.4, 0.5) is 0 Å². The summed E-state index contributed by atoms with van der Waals surface area (Å²) in [5, 5.41) is 11.6. The van der Waals surface area contributed by atoms with E-state index in [0.717, 1.165) is 6.42 Å². The third-order valence-electron chi connectivity index (χ3n) is 2.76. The summed E-state index contributed by atoms with van der Waals surface area (Å²) >= 11 is 0. The van der Waals surface area contributed by atoms with Gasteiger partial charge in [-0.25, -0.2) is 0 Å². The lowest BCUT2D eigenvalue weighted by Crippen LogP contribution is -2.42. The second-order valence-electron chi connectivity index (χ2n) is 3.98. The summed E-state index contributed by atoms with van der Waals surface area (Å²) in [5.74, 6) is -2.41. The van der Waals surface area contributed by atoms with Gasteiger partial charge < -0.3 is 15.2 Å². The van der Waals surface area contributed by atoms with Crippen molar-refractivity contribution < 1.29 is 19.4 Å². The number of amides is 1. The summed E-state index contributed by atoms with van der Waals surface area (Å²) in [6.07, 6.45) is 0.758. The molecule has 1 amide bonds. The standard InChI is InChI=1S/C11H21NO4/c1-5-9(6-16-4)12-10(13)7(2)8(3)11(14)15/h7-9H,5-6H2,1-4H3,(H,12,13)(H,14,15). The number of hydrogen-bond acceptors (Lipinski definition) is 3. The molecule has 16 heavy (non-hydrogen) atoms. The quantitative estimate of drug-likeness (QED) is 0.682. The first-order chi connectivity index (χ1) is 7.43. The Morgan fingerprint density at radius 2 is 1.88 bits per heavy atom. The maximum absolute atomic E-state index is 11.7. The van der Waals surface area contributed by atoms with Gasteiger partial charge in [-0.15, -0.1) is 0 Å². The molecule has 0 heterocycles. The summed E-state index contributed by atoms with van der Waals surface area (Å²) in [5.41, 5.74) is 0. The van der Waals surface area contributed by atoms with Crippen molar-refractivity contribution in [2.75, 3.05) is 13.7 Å². The van der Waals surface area contributed by atoms with Gasteiger partial charge in [0.05, 0.1) is 18.6 Å². The van der Waals surface area contributed by atoms with E-state index in [1.54, 1.807) is 14.0 Å². The zero-order chi connectivity index (χ0) is 12.7. The van der Waals surface area contributed by atoms with Gasteiger partial charge in [0.15, 0.2) is 0 Å². The molecule has 5 nitrogen and oxygen atoms in total. The molecule has 0 rings (SSSR count). The highest BCUT2D eigenvalue weighted by Crippen LogP contribution is 2.11. The van der Waals surface area contributed by atoms with Crippen molar-refractivity contribution in [3.05, 3.63) is 0 Å². The first kappa shape index (κ1) is 14.9. The lowest BCUT2D eigenvalue weighted by atomic mass is 9.95. The van der Waals surface area contributed by atoms with Crippen LogP contribution in [0.5, 0.6) is 0 Å². The van der Waals surface area contributed by atoms with Crippen LogP contribution in [-0.4, -0.2) is 36.7 Å². The fraction of sp³-hybridized carbons (Fsp3) is 0.818. The van der Waals surface area contributed by atoms with Gasteiger partial charge in [-0.2, -0.15) is 0 Å². The van der Waals surface area contributed by atoms with Crippen molar-refractivity contribution in [3.63, 3.8) is 0 Å². The summed E-state index contributed by atoms with van der Waals surface area (Å²) in [7, 11) is 1.57. The van der Waals surface area contributed by atoms with Crippen LogP contribution in [0.15, 0.2) is 0 Å². The smallest absolute Gasteiger partial charge is 0.307 e. The van der Waals surface area contributed by atoms with Crippen LogP contribution in [0.2, 0.25) is 0 Å². The number of aliphatic carboxylic acids is 1. The highest BCUT2D eigenvalue weighted by molar-refractivity contribution is 5.84. The molecule has 0 aliphatic rings. The number of nitrogens with one attached hydrogen (secondary N) is 1. The zero-order valence-electron chi connectivity index (χ0n) is 10.3. The second-order valence-corrected chi connectivity index (χ2v) is 3.98. The third-order valence-corrected chi connectivity index (χ3v) is 2.76. The molecule has 0 spiro atoms. The van der Waals surface area contributed by atoms with E-state index in [4.69, 9.17) is 9.84 Å². The fourth-order valence-corrected chi connectivity index (χ4v) is 1.24. The van der Waals surface area contributed by atoms with E-state index in [0.29, 0.717) is 6.61 Å². The van der Waals surface area contributed by atoms with Gasteiger partial charge in [-0.1, -0.05) is 20.8 Å². The van der Waals surface area contributed by atoms with E-state index in [1.165, 1.54) is 6.92 Å². The van der Waals surface area contributed by atoms with Crippen molar-refractivity contribution in [2.45, 2.75) is 33.2 Å². The van der Waals surface area contributed by atoms with Crippen LogP contribution in [0, 0.1) is 11.8 Å². The van der Waals surface area contributed by atoms with E-state index >= 15 is 0 Å². The predicted octanol–water partition coefficient (Wildman–Crippen LogP) is 0.884. The Balaban J connectivity index is 4.27. The SMILES string of the molecule is CCC(COC)NC(=O)C(C)C(C)C(=O)O. The Morgan fingerprint density at radius 1 is 1.31 bits per heavy atom. The Morgan fingerprint density at radius 3 is 2.25 bits per heavy atom. The number of methoxy groups -OCH3 is 1. The Bertz CT molecular complexity index is 242. The minimum absolute atomic E-state index is 0.0547. The number of hydrogen-bond donors (Lipinski definition) is 2. The first-order valence-electron chi connectivity index (χ1n) is 5.46. The number of rotatable bonds is 7. The van der Waals surface area contributed by atoms with Gasteiger partial charge in [-0.05, 0) is 6.42 Å². The molecule has 0 radical (unpaired) electrons. The molecule has 0 aromatic heterocycles. The van der Waals surface area contributed by atoms with Gasteiger partial charge in [0.2, 0.25) is 5.91 Å². The van der Waals surface area contributed by atoms with Crippen molar-refractivity contribution in [1.29, 1.82) is 0 Å². The van der Waals surface area contributed by atoms with E-state index in [-0.39, 0.29) is 11.9 Å². The second kappa shape index (κ2) is 7.22. The number of carbonyl (C=O) groups excluding carboxylic acids is 1. The molecular weight excluding hydrogens is 210 g/mol. The molecular formula is C11H21NO4. The molecule has 3 unspecified atom stereocenters. The Kier molecular flexibility index (Phi) is 6.72. The van der Waals surface area contributed by atoms with Gasteiger partial charge in [0, 0.05) is 13.0 Å². The molecule has 2 N–H and O–H groups in total. The van der Waals surface area contributed by atoms with Gasteiger partial charge >= 0.3 is 5.97 Å². The topological polar surface area (TPSA) is 75.6 Å². The number of ether oxygens (including phenoxy) is 1. The van der Waals surface area contributed by atoms with Crippen molar-refractivity contribution in [2.24, 2.45) is 11.8 Å². The Hall–Kier alpha value is -1.10. The maximum Gasteiger partial charge on any atom is 0.307 e. The molecule has 0 aromatic rings. The number of carboxylic acids is 1. The van der Waals surface area contributed by atoms with Crippen LogP contribution >= 0.6 is 0 Å². The maximum atomic E-state index is 11.7. The summed E-state index contributed by atoms with van der Waals surface area (Å²) in [6.45, 7) is 5.53. The highest BCUT2D eigenvalue weighted by Gasteiger charge is 2.26. The first-order valence-corrected chi connectivity index (χ1v) is 5.46. The van der Waals surface area contributed by atoms with Crippen molar-refractivity contribution in [1.82, 2.24) is 5.32 Å². The molecule has 5 heteroatoms. The monoisotopic (exact) mass is 231 g/mol. The van der Waals surface area contributed by atoms with Crippen LogP contribution in [0.3, 0.4) is 0 Å². The predicted molar refractivity (Wildman–Crippen MR) is 60.1 cm³/mol. The molecule has 0 bridgehead atoms. The molecule has 94 valence electrons. The lowest BCUT2D eigenvalue weighted by molar-refractivity contribution is -0.146. The minimum Gasteiger partial charge on any atom is -0.481 e. The van der Waals surface area contributed by atoms with Crippen molar-refractivity contribution >= 4 is 11.9 Å². The summed E-state index contributed by atoms with van der Waals surface area (Å²) < 4.78 is 4.95. The average Bonchev–Trinajstić information content (AvgIpc) is 2.25. The normalized spacial score (nSPS) is 16.2. The summed E-state index contributed by atoms with van der Waals surface area (Å²) in [4.78, 5) is 22.4. The van der Waals surface area contributed by atoms with E-state index in [9.17, 15) is 9.59 Å². The lowest BCUT2D eigenvalue weighted by Gasteiger charge is -2.21. The molecule has 0 saturated heterocycles. The average molecular weight is 231 g/mol. The third kappa shape index (κ3) is 4.61. The van der Waals surface area contributed by atoms with Crippen LogP contribution in [-0.2, 0) is 14.3 Å². The van der Waals surface area contributed by atoms with Crippen molar-refractivity contribution in [3.8, 4) is 0 Å². The van der Waals surface area contributed by atoms with E-state index < -0.39 is 17.8 Å². The largest absolute Gasteiger partial charge is 0.481 e. The van der Waals surface area contributed by atoms with Crippen LogP contribution < -0.4 is 5.32 Å². The summed E-state index contributed by atoms with van der Waals surface area (Å²) in [6, 6.07) is -0.0547. The van der Waals surface area contributed by atoms with Crippen LogP contribution in [0.25, 0.3) is 0 Å². The highest BCUT2D eigenvalue weighted by atomic mass is 16.5. The van der Waals surface area contributed by atoms with Gasteiger partial charge in [-0.3, -0.25) is 9.59 Å². The molecule has 0 aliphatic carbocycles. The molecule has 0 aromatic carbocycles. The molecule has 3 atom stereocenters.